The topological polar surface area (TPSA) is 3.24 Å². The van der Waals surface area contributed by atoms with Gasteiger partial charge in [-0.05, 0) is 78.1 Å². The summed E-state index contributed by atoms with van der Waals surface area (Å²) < 4.78 is 0.237. The SMILES string of the molecule is CC/C=C\C=C(C)C.Cc1ccc2c(c1)C(=C1CCN(C)CC1)C(C)(C)S2. The van der Waals surface area contributed by atoms with Crippen LogP contribution < -0.4 is 0 Å². The molecular formula is C25H37NS. The average Bonchev–Trinajstić information content (AvgIpc) is 2.86. The predicted octanol–water partition coefficient (Wildman–Crippen LogP) is 7.28. The Morgan fingerprint density at radius 1 is 1.19 bits per heavy atom. The van der Waals surface area contributed by atoms with Crippen LogP contribution in [0.15, 0.2) is 52.5 Å². The minimum Gasteiger partial charge on any atom is -0.306 e. The van der Waals surface area contributed by atoms with E-state index in [2.05, 4.69) is 89.9 Å². The molecule has 27 heavy (non-hydrogen) atoms. The number of fused-ring (bicyclic) bond motifs is 1. The van der Waals surface area contributed by atoms with E-state index < -0.39 is 0 Å². The summed E-state index contributed by atoms with van der Waals surface area (Å²) >= 11 is 2.03. The zero-order valence-corrected chi connectivity index (χ0v) is 19.2. The van der Waals surface area contributed by atoms with Crippen LogP contribution in [0.1, 0.15) is 65.0 Å². The zero-order chi connectivity index (χ0) is 20.0. The third kappa shape index (κ3) is 6.12. The fraction of sp³-hybridized carbons (Fsp3) is 0.520. The van der Waals surface area contributed by atoms with E-state index in [4.69, 9.17) is 0 Å². The first kappa shape index (κ1) is 22.0. The number of hydrogen-bond donors (Lipinski definition) is 0. The van der Waals surface area contributed by atoms with Crippen LogP contribution in [0, 0.1) is 6.92 Å². The molecule has 0 saturated carbocycles. The summed E-state index contributed by atoms with van der Waals surface area (Å²) in [5.41, 5.74) is 7.57. The molecule has 0 bridgehead atoms. The van der Waals surface area contributed by atoms with Crippen molar-refractivity contribution >= 4 is 17.3 Å². The summed E-state index contributed by atoms with van der Waals surface area (Å²) in [5.74, 6) is 0. The smallest absolute Gasteiger partial charge is 0.0405 e. The first-order valence-corrected chi connectivity index (χ1v) is 11.1. The highest BCUT2D eigenvalue weighted by molar-refractivity contribution is 8.01. The quantitative estimate of drug-likeness (QED) is 0.494. The van der Waals surface area contributed by atoms with Crippen molar-refractivity contribution in [2.45, 2.75) is 70.4 Å². The van der Waals surface area contributed by atoms with Gasteiger partial charge in [-0.25, -0.2) is 0 Å². The van der Waals surface area contributed by atoms with Gasteiger partial charge in [-0.15, -0.1) is 11.8 Å². The van der Waals surface area contributed by atoms with Gasteiger partial charge in [-0.1, -0.05) is 54.0 Å². The number of benzene rings is 1. The van der Waals surface area contributed by atoms with Crippen molar-refractivity contribution in [3.63, 3.8) is 0 Å². The number of piperidine rings is 1. The van der Waals surface area contributed by atoms with Gasteiger partial charge in [0.1, 0.15) is 0 Å². The van der Waals surface area contributed by atoms with Crippen LogP contribution in [0.25, 0.3) is 5.57 Å². The first-order chi connectivity index (χ1) is 12.7. The molecule has 0 atom stereocenters. The molecular weight excluding hydrogens is 346 g/mol. The molecule has 0 N–H and O–H groups in total. The Hall–Kier alpha value is -1.25. The predicted molar refractivity (Wildman–Crippen MR) is 124 cm³/mol. The van der Waals surface area contributed by atoms with E-state index in [9.17, 15) is 0 Å². The summed E-state index contributed by atoms with van der Waals surface area (Å²) in [6.07, 6.45) is 9.96. The molecule has 0 unspecified atom stereocenters. The normalized spacial score (nSPS) is 18.9. The number of allylic oxidation sites excluding steroid dienone is 4. The maximum absolute atomic E-state index is 2.44. The van der Waals surface area contributed by atoms with Crippen molar-refractivity contribution in [1.29, 1.82) is 0 Å². The van der Waals surface area contributed by atoms with E-state index >= 15 is 0 Å². The summed E-state index contributed by atoms with van der Waals surface area (Å²) in [7, 11) is 2.23. The standard InChI is InChI=1S/C17H23NS.C8H14/c1-12-5-6-15-14(11-12)16(17(2,3)19-15)13-7-9-18(4)10-8-13;1-4-5-6-7-8(2)3/h5-6,11H,7-10H2,1-4H3;5-7H,4H2,1-3H3/b;6-5-. The number of nitrogens with zero attached hydrogens (tertiary/aromatic N) is 1. The molecule has 1 aromatic rings. The molecule has 0 aromatic heterocycles. The summed E-state index contributed by atoms with van der Waals surface area (Å²) in [6.45, 7) is 15.7. The molecule has 2 heterocycles. The van der Waals surface area contributed by atoms with Crippen molar-refractivity contribution < 1.29 is 0 Å². The van der Waals surface area contributed by atoms with Crippen molar-refractivity contribution in [2.24, 2.45) is 0 Å². The Bertz CT molecular complexity index is 723. The molecule has 0 amide bonds. The molecule has 2 heteroatoms. The van der Waals surface area contributed by atoms with Gasteiger partial charge < -0.3 is 4.90 Å². The van der Waals surface area contributed by atoms with Gasteiger partial charge in [0.2, 0.25) is 0 Å². The molecule has 0 aliphatic carbocycles. The Kier molecular flexibility index (Phi) is 8.00. The molecule has 1 fully saturated rings. The minimum absolute atomic E-state index is 0.237. The van der Waals surface area contributed by atoms with E-state index in [1.54, 1.807) is 11.1 Å². The maximum atomic E-state index is 2.44. The third-order valence-corrected chi connectivity index (χ3v) is 6.41. The number of aryl methyl sites for hydroxylation is 1. The lowest BCUT2D eigenvalue weighted by Gasteiger charge is -2.29. The monoisotopic (exact) mass is 383 g/mol. The van der Waals surface area contributed by atoms with E-state index in [0.29, 0.717) is 0 Å². The highest BCUT2D eigenvalue weighted by atomic mass is 32.2. The fourth-order valence-electron chi connectivity index (χ4n) is 3.73. The van der Waals surface area contributed by atoms with E-state index in [0.717, 1.165) is 6.42 Å². The molecule has 1 saturated heterocycles. The van der Waals surface area contributed by atoms with Crippen molar-refractivity contribution in [3.05, 3.63) is 58.7 Å². The Labute approximate surface area is 171 Å². The molecule has 2 aliphatic rings. The highest BCUT2D eigenvalue weighted by Gasteiger charge is 2.37. The lowest BCUT2D eigenvalue weighted by atomic mass is 9.86. The van der Waals surface area contributed by atoms with Gasteiger partial charge in [-0.2, -0.15) is 0 Å². The highest BCUT2D eigenvalue weighted by Crippen LogP contribution is 2.54. The van der Waals surface area contributed by atoms with Gasteiger partial charge in [0, 0.05) is 22.7 Å². The largest absolute Gasteiger partial charge is 0.306 e. The lowest BCUT2D eigenvalue weighted by Crippen LogP contribution is -2.28. The molecule has 1 nitrogen and oxygen atoms in total. The minimum atomic E-state index is 0.237. The number of hydrogen-bond acceptors (Lipinski definition) is 2. The van der Waals surface area contributed by atoms with Crippen LogP contribution in [0.4, 0.5) is 0 Å². The van der Waals surface area contributed by atoms with Crippen LogP contribution in [0.2, 0.25) is 0 Å². The molecule has 0 spiro atoms. The van der Waals surface area contributed by atoms with Crippen molar-refractivity contribution in [1.82, 2.24) is 4.90 Å². The van der Waals surface area contributed by atoms with Gasteiger partial charge in [0.15, 0.2) is 0 Å². The molecule has 2 aliphatic heterocycles. The van der Waals surface area contributed by atoms with Gasteiger partial charge in [0.25, 0.3) is 0 Å². The van der Waals surface area contributed by atoms with Gasteiger partial charge in [0.05, 0.1) is 0 Å². The average molecular weight is 384 g/mol. The van der Waals surface area contributed by atoms with Crippen LogP contribution in [0.5, 0.6) is 0 Å². The Morgan fingerprint density at radius 2 is 1.85 bits per heavy atom. The molecule has 0 radical (unpaired) electrons. The summed E-state index contributed by atoms with van der Waals surface area (Å²) in [4.78, 5) is 3.91. The fourth-order valence-corrected chi connectivity index (χ4v) is 5.04. The van der Waals surface area contributed by atoms with Gasteiger partial charge in [-0.3, -0.25) is 0 Å². The Balaban J connectivity index is 0.000000279. The van der Waals surface area contributed by atoms with Crippen LogP contribution in [0.3, 0.4) is 0 Å². The second-order valence-electron chi connectivity index (χ2n) is 8.47. The van der Waals surface area contributed by atoms with E-state index in [-0.39, 0.29) is 4.75 Å². The maximum Gasteiger partial charge on any atom is 0.0405 e. The van der Waals surface area contributed by atoms with Crippen LogP contribution in [-0.2, 0) is 0 Å². The second kappa shape index (κ2) is 9.80. The molecule has 148 valence electrons. The second-order valence-corrected chi connectivity index (χ2v) is 10.1. The van der Waals surface area contributed by atoms with Crippen molar-refractivity contribution in [2.75, 3.05) is 20.1 Å². The number of rotatable bonds is 2. The number of thioether (sulfide) groups is 1. The summed E-state index contributed by atoms with van der Waals surface area (Å²) in [6, 6.07) is 6.93. The lowest BCUT2D eigenvalue weighted by molar-refractivity contribution is 0.312. The molecule has 1 aromatic carbocycles. The van der Waals surface area contributed by atoms with Crippen LogP contribution >= 0.6 is 11.8 Å². The van der Waals surface area contributed by atoms with E-state index in [1.807, 2.05) is 11.8 Å². The first-order valence-electron chi connectivity index (χ1n) is 10.3. The third-order valence-electron chi connectivity index (χ3n) is 5.12. The van der Waals surface area contributed by atoms with Crippen LogP contribution in [-0.4, -0.2) is 29.8 Å². The summed E-state index contributed by atoms with van der Waals surface area (Å²) in [5, 5.41) is 0. The van der Waals surface area contributed by atoms with E-state index in [1.165, 1.54) is 47.5 Å². The van der Waals surface area contributed by atoms with Crippen molar-refractivity contribution in [3.8, 4) is 0 Å². The van der Waals surface area contributed by atoms with Gasteiger partial charge >= 0.3 is 0 Å². The molecule has 3 rings (SSSR count). The zero-order valence-electron chi connectivity index (χ0n) is 18.4. The number of likely N-dealkylation sites (tertiary alicyclic amines) is 1. The Morgan fingerprint density at radius 3 is 2.44 bits per heavy atom.